The van der Waals surface area contributed by atoms with Crippen LogP contribution in [-0.4, -0.2) is 32.7 Å². The molecular weight excluding hydrogens is 360 g/mol. The molecule has 2 aromatic rings. The van der Waals surface area contributed by atoms with E-state index in [9.17, 15) is 18.4 Å². The zero-order valence-corrected chi connectivity index (χ0v) is 14.8. The van der Waals surface area contributed by atoms with Crippen molar-refractivity contribution < 1.29 is 32.6 Å². The lowest BCUT2D eigenvalue weighted by atomic mass is 10.1. The maximum absolute atomic E-state index is 12.1. The van der Waals surface area contributed by atoms with Gasteiger partial charge in [-0.05, 0) is 35.4 Å². The molecule has 1 amide bonds. The van der Waals surface area contributed by atoms with Crippen LogP contribution < -0.4 is 14.8 Å². The standard InChI is InChI=1S/C19H19F2NO5/c1-25-16-8-5-13(9-15(16)18(24)26-2)11-22-17(23)10-12-3-6-14(7-4-12)27-19(20)21/h3-9,19H,10-11H2,1-2H3,(H,22,23). The number of halogens is 2. The summed E-state index contributed by atoms with van der Waals surface area (Å²) in [5, 5.41) is 2.73. The van der Waals surface area contributed by atoms with Gasteiger partial charge in [-0.1, -0.05) is 18.2 Å². The van der Waals surface area contributed by atoms with E-state index >= 15 is 0 Å². The Morgan fingerprint density at radius 1 is 1.04 bits per heavy atom. The minimum Gasteiger partial charge on any atom is -0.496 e. The van der Waals surface area contributed by atoms with E-state index in [-0.39, 0.29) is 30.2 Å². The summed E-state index contributed by atoms with van der Waals surface area (Å²) in [6, 6.07) is 10.8. The van der Waals surface area contributed by atoms with Crippen LogP contribution in [0.5, 0.6) is 11.5 Å². The summed E-state index contributed by atoms with van der Waals surface area (Å²) in [6.45, 7) is -2.68. The molecule has 27 heavy (non-hydrogen) atoms. The summed E-state index contributed by atoms with van der Waals surface area (Å²) in [6.07, 6.45) is 0.0783. The molecule has 0 fully saturated rings. The van der Waals surface area contributed by atoms with Gasteiger partial charge in [0.05, 0.1) is 20.6 Å². The van der Waals surface area contributed by atoms with E-state index in [1.807, 2.05) is 0 Å². The third-order valence-corrected chi connectivity index (χ3v) is 3.67. The molecule has 6 nitrogen and oxygen atoms in total. The first kappa shape index (κ1) is 20.2. The average Bonchev–Trinajstić information content (AvgIpc) is 2.66. The molecule has 0 heterocycles. The van der Waals surface area contributed by atoms with Gasteiger partial charge in [0.15, 0.2) is 0 Å². The van der Waals surface area contributed by atoms with E-state index < -0.39 is 12.6 Å². The number of methoxy groups -OCH3 is 2. The Balaban J connectivity index is 1.94. The van der Waals surface area contributed by atoms with E-state index in [0.717, 1.165) is 0 Å². The first-order valence-corrected chi connectivity index (χ1v) is 7.98. The number of alkyl halides is 2. The molecule has 1 N–H and O–H groups in total. The predicted molar refractivity (Wildman–Crippen MR) is 93.0 cm³/mol. The third-order valence-electron chi connectivity index (χ3n) is 3.67. The molecule has 2 rings (SSSR count). The minimum absolute atomic E-state index is 0.0303. The molecule has 0 radical (unpaired) electrons. The Kier molecular flexibility index (Phi) is 7.10. The number of nitrogens with one attached hydrogen (secondary N) is 1. The molecule has 0 aliphatic rings. The van der Waals surface area contributed by atoms with E-state index in [1.54, 1.807) is 30.3 Å². The highest BCUT2D eigenvalue weighted by atomic mass is 19.3. The van der Waals surface area contributed by atoms with Crippen molar-refractivity contribution in [3.05, 3.63) is 59.2 Å². The van der Waals surface area contributed by atoms with Gasteiger partial charge in [0.2, 0.25) is 5.91 Å². The molecule has 0 spiro atoms. The normalized spacial score (nSPS) is 10.4. The number of hydrogen-bond acceptors (Lipinski definition) is 5. The summed E-state index contributed by atoms with van der Waals surface area (Å²) in [4.78, 5) is 23.8. The summed E-state index contributed by atoms with van der Waals surface area (Å²) in [5.74, 6) is -0.384. The Labute approximate surface area is 155 Å². The van der Waals surface area contributed by atoms with Crippen LogP contribution in [0, 0.1) is 0 Å². The van der Waals surface area contributed by atoms with Gasteiger partial charge >= 0.3 is 12.6 Å². The van der Waals surface area contributed by atoms with Crippen molar-refractivity contribution in [1.29, 1.82) is 0 Å². The highest BCUT2D eigenvalue weighted by Crippen LogP contribution is 2.21. The third kappa shape index (κ3) is 5.95. The fraction of sp³-hybridized carbons (Fsp3) is 0.263. The fourth-order valence-corrected chi connectivity index (χ4v) is 2.37. The van der Waals surface area contributed by atoms with Crippen LogP contribution >= 0.6 is 0 Å². The number of ether oxygens (including phenoxy) is 3. The maximum Gasteiger partial charge on any atom is 0.387 e. The summed E-state index contributed by atoms with van der Waals surface area (Å²) < 4.78 is 38.3. The molecule has 144 valence electrons. The fourth-order valence-electron chi connectivity index (χ4n) is 2.37. The van der Waals surface area contributed by atoms with Crippen molar-refractivity contribution in [3.8, 4) is 11.5 Å². The zero-order chi connectivity index (χ0) is 19.8. The molecule has 0 atom stereocenters. The molecule has 8 heteroatoms. The number of carbonyl (C=O) groups is 2. The SMILES string of the molecule is COC(=O)c1cc(CNC(=O)Cc2ccc(OC(F)F)cc2)ccc1OC. The van der Waals surface area contributed by atoms with Crippen LogP contribution in [0.25, 0.3) is 0 Å². The number of hydrogen-bond donors (Lipinski definition) is 1. The van der Waals surface area contributed by atoms with Crippen molar-refractivity contribution >= 4 is 11.9 Å². The highest BCUT2D eigenvalue weighted by molar-refractivity contribution is 5.92. The number of carbonyl (C=O) groups excluding carboxylic acids is 2. The van der Waals surface area contributed by atoms with Crippen LogP contribution in [0.4, 0.5) is 8.78 Å². The van der Waals surface area contributed by atoms with Crippen LogP contribution in [0.3, 0.4) is 0 Å². The lowest BCUT2D eigenvalue weighted by molar-refractivity contribution is -0.120. The Morgan fingerprint density at radius 2 is 1.70 bits per heavy atom. The summed E-state index contributed by atoms with van der Waals surface area (Å²) in [7, 11) is 2.72. The van der Waals surface area contributed by atoms with E-state index in [4.69, 9.17) is 9.47 Å². The van der Waals surface area contributed by atoms with Crippen LogP contribution in [-0.2, 0) is 22.5 Å². The first-order valence-electron chi connectivity index (χ1n) is 7.98. The van der Waals surface area contributed by atoms with Crippen molar-refractivity contribution in [1.82, 2.24) is 5.32 Å². The quantitative estimate of drug-likeness (QED) is 0.714. The minimum atomic E-state index is -2.89. The lowest BCUT2D eigenvalue weighted by Gasteiger charge is -2.10. The molecule has 0 aromatic heterocycles. The number of amides is 1. The number of rotatable bonds is 8. The largest absolute Gasteiger partial charge is 0.496 e. The van der Waals surface area contributed by atoms with Crippen molar-refractivity contribution in [2.75, 3.05) is 14.2 Å². The summed E-state index contributed by atoms with van der Waals surface area (Å²) >= 11 is 0. The lowest BCUT2D eigenvalue weighted by Crippen LogP contribution is -2.24. The van der Waals surface area contributed by atoms with Crippen molar-refractivity contribution in [2.45, 2.75) is 19.6 Å². The Morgan fingerprint density at radius 3 is 2.30 bits per heavy atom. The van der Waals surface area contributed by atoms with Crippen LogP contribution in [0.2, 0.25) is 0 Å². The zero-order valence-electron chi connectivity index (χ0n) is 14.8. The van der Waals surface area contributed by atoms with Gasteiger partial charge in [-0.25, -0.2) is 4.79 Å². The number of benzene rings is 2. The van der Waals surface area contributed by atoms with Gasteiger partial charge in [-0.15, -0.1) is 0 Å². The van der Waals surface area contributed by atoms with Gasteiger partial charge in [0.1, 0.15) is 17.1 Å². The van der Waals surface area contributed by atoms with E-state index in [2.05, 4.69) is 10.1 Å². The number of esters is 1. The molecule has 2 aromatic carbocycles. The van der Waals surface area contributed by atoms with E-state index in [0.29, 0.717) is 16.9 Å². The second kappa shape index (κ2) is 9.51. The first-order chi connectivity index (χ1) is 12.9. The highest BCUT2D eigenvalue weighted by Gasteiger charge is 2.14. The second-order valence-electron chi connectivity index (χ2n) is 5.50. The van der Waals surface area contributed by atoms with E-state index in [1.165, 1.54) is 26.4 Å². The monoisotopic (exact) mass is 379 g/mol. The van der Waals surface area contributed by atoms with Gasteiger partial charge in [-0.2, -0.15) is 8.78 Å². The topological polar surface area (TPSA) is 73.9 Å². The smallest absolute Gasteiger partial charge is 0.387 e. The Bertz CT molecular complexity index is 793. The predicted octanol–water partition coefficient (Wildman–Crippen LogP) is 2.94. The average molecular weight is 379 g/mol. The summed E-state index contributed by atoms with van der Waals surface area (Å²) in [5.41, 5.74) is 1.62. The van der Waals surface area contributed by atoms with Gasteiger partial charge in [0.25, 0.3) is 0 Å². The molecule has 0 unspecified atom stereocenters. The Hall–Kier alpha value is -3.16. The van der Waals surface area contributed by atoms with Crippen LogP contribution in [0.1, 0.15) is 21.5 Å². The van der Waals surface area contributed by atoms with Crippen molar-refractivity contribution in [2.24, 2.45) is 0 Å². The van der Waals surface area contributed by atoms with Gasteiger partial charge in [-0.3, -0.25) is 4.79 Å². The van der Waals surface area contributed by atoms with Crippen LogP contribution in [0.15, 0.2) is 42.5 Å². The molecule has 0 bridgehead atoms. The molecular formula is C19H19F2NO5. The van der Waals surface area contributed by atoms with Gasteiger partial charge < -0.3 is 19.5 Å². The maximum atomic E-state index is 12.1. The molecule has 0 saturated heterocycles. The van der Waals surface area contributed by atoms with Gasteiger partial charge in [0, 0.05) is 6.54 Å². The molecule has 0 aliphatic carbocycles. The molecule has 0 saturated carbocycles. The second-order valence-corrected chi connectivity index (χ2v) is 5.50. The van der Waals surface area contributed by atoms with Crippen molar-refractivity contribution in [3.63, 3.8) is 0 Å². The molecule has 0 aliphatic heterocycles.